The molecule has 2 aromatic rings. The Labute approximate surface area is 130 Å². The van der Waals surface area contributed by atoms with Crippen molar-refractivity contribution in [2.24, 2.45) is 7.05 Å². The molecule has 22 heavy (non-hydrogen) atoms. The number of nitrogens with zero attached hydrogens (tertiary/aromatic N) is 3. The summed E-state index contributed by atoms with van der Waals surface area (Å²) in [6.07, 6.45) is 0. The van der Waals surface area contributed by atoms with Gasteiger partial charge in [0.25, 0.3) is 5.56 Å². The van der Waals surface area contributed by atoms with Crippen LogP contribution in [0.1, 0.15) is 5.82 Å². The van der Waals surface area contributed by atoms with Gasteiger partial charge in [-0.25, -0.2) is 4.98 Å². The second-order valence-corrected chi connectivity index (χ2v) is 6.55. The minimum Gasteiger partial charge on any atom is -0.354 e. The van der Waals surface area contributed by atoms with E-state index in [-0.39, 0.29) is 21.3 Å². The van der Waals surface area contributed by atoms with Gasteiger partial charge < -0.3 is 4.18 Å². The number of rotatable bonds is 2. The number of hydrogen-bond acceptors (Lipinski definition) is 6. The fourth-order valence-electron chi connectivity index (χ4n) is 1.58. The minimum absolute atomic E-state index is 0.00999. The van der Waals surface area contributed by atoms with Gasteiger partial charge >= 0.3 is 15.6 Å². The molecule has 0 radical (unpaired) electrons. The molecule has 0 aliphatic rings. The van der Waals surface area contributed by atoms with Crippen LogP contribution in [-0.4, -0.2) is 28.5 Å². The zero-order chi connectivity index (χ0) is 16.9. The summed E-state index contributed by atoms with van der Waals surface area (Å²) in [5.41, 5.74) is -6.17. The Bertz CT molecular complexity index is 924. The van der Waals surface area contributed by atoms with Crippen molar-refractivity contribution in [1.29, 1.82) is 0 Å². The summed E-state index contributed by atoms with van der Waals surface area (Å²) in [7, 11) is -4.56. The van der Waals surface area contributed by atoms with Gasteiger partial charge in [-0.2, -0.15) is 26.6 Å². The normalized spacial score (nSPS) is 12.6. The van der Waals surface area contributed by atoms with Crippen LogP contribution in [-0.2, 0) is 17.2 Å². The van der Waals surface area contributed by atoms with E-state index in [1.54, 1.807) is 0 Å². The van der Waals surface area contributed by atoms with Gasteiger partial charge in [-0.15, -0.1) is 0 Å². The highest BCUT2D eigenvalue weighted by molar-refractivity contribution is 9.10. The van der Waals surface area contributed by atoms with Gasteiger partial charge in [0.1, 0.15) is 11.5 Å². The third-order valence-corrected chi connectivity index (χ3v) is 4.08. The van der Waals surface area contributed by atoms with Crippen molar-refractivity contribution in [2.75, 3.05) is 0 Å². The number of pyridine rings is 1. The van der Waals surface area contributed by atoms with Crippen molar-refractivity contribution in [3.05, 3.63) is 26.7 Å². The Kier molecular flexibility index (Phi) is 3.94. The molecule has 2 rings (SSSR count). The Balaban J connectivity index is 2.78. The number of hydrogen-bond donors (Lipinski definition) is 0. The van der Waals surface area contributed by atoms with Crippen LogP contribution in [0.2, 0.25) is 0 Å². The highest BCUT2D eigenvalue weighted by atomic mass is 79.9. The quantitative estimate of drug-likeness (QED) is 0.560. The first-order valence-electron chi connectivity index (χ1n) is 5.48. The van der Waals surface area contributed by atoms with Gasteiger partial charge in [-0.3, -0.25) is 9.36 Å². The van der Waals surface area contributed by atoms with Crippen molar-refractivity contribution in [2.45, 2.75) is 12.4 Å². The molecule has 0 amide bonds. The van der Waals surface area contributed by atoms with E-state index in [1.165, 1.54) is 14.0 Å². The molecule has 12 heteroatoms. The molecule has 2 aromatic heterocycles. The lowest BCUT2D eigenvalue weighted by Crippen LogP contribution is -2.29. The standard InChI is InChI=1S/C10H7BrF3N3O4S/c1-4-15-7-5(3-6(11)9(18)17(7)2)8(16-4)21-22(19,20)10(12,13)14/h3H,1-2H3. The zero-order valence-electron chi connectivity index (χ0n) is 11.0. The molecule has 2 heterocycles. The fourth-order valence-corrected chi connectivity index (χ4v) is 2.51. The summed E-state index contributed by atoms with van der Waals surface area (Å²) >= 11 is 2.92. The van der Waals surface area contributed by atoms with E-state index < -0.39 is 27.1 Å². The van der Waals surface area contributed by atoms with Crippen molar-refractivity contribution in [3.8, 4) is 5.88 Å². The summed E-state index contributed by atoms with van der Waals surface area (Å²) in [4.78, 5) is 19.2. The molecular formula is C10H7BrF3N3O4S. The number of fused-ring (bicyclic) bond motifs is 1. The highest BCUT2D eigenvalue weighted by Crippen LogP contribution is 2.30. The zero-order valence-corrected chi connectivity index (χ0v) is 13.4. The number of alkyl halides is 3. The number of aromatic nitrogens is 3. The van der Waals surface area contributed by atoms with E-state index in [1.807, 2.05) is 0 Å². The van der Waals surface area contributed by atoms with Crippen molar-refractivity contribution < 1.29 is 25.8 Å². The molecule has 0 aromatic carbocycles. The molecule has 0 N–H and O–H groups in total. The van der Waals surface area contributed by atoms with E-state index in [0.717, 1.165) is 10.6 Å². The first-order valence-corrected chi connectivity index (χ1v) is 7.69. The molecule has 0 bridgehead atoms. The molecule has 0 fully saturated rings. The molecule has 0 aliphatic heterocycles. The van der Waals surface area contributed by atoms with E-state index in [2.05, 4.69) is 30.1 Å². The van der Waals surface area contributed by atoms with E-state index >= 15 is 0 Å². The molecule has 0 aliphatic carbocycles. The van der Waals surface area contributed by atoms with E-state index in [4.69, 9.17) is 0 Å². The summed E-state index contributed by atoms with van der Waals surface area (Å²) in [5.74, 6) is -0.867. The van der Waals surface area contributed by atoms with Gasteiger partial charge in [-0.1, -0.05) is 0 Å². The van der Waals surface area contributed by atoms with Gasteiger partial charge in [-0.05, 0) is 28.9 Å². The van der Waals surface area contributed by atoms with Crippen LogP contribution in [0.5, 0.6) is 5.88 Å². The van der Waals surface area contributed by atoms with Crippen molar-refractivity contribution in [3.63, 3.8) is 0 Å². The third-order valence-electron chi connectivity index (χ3n) is 2.57. The average molecular weight is 402 g/mol. The summed E-state index contributed by atoms with van der Waals surface area (Å²) < 4.78 is 64.6. The maximum Gasteiger partial charge on any atom is 0.534 e. The predicted octanol–water partition coefficient (Wildman–Crippen LogP) is 1.63. The molecule has 7 nitrogen and oxygen atoms in total. The lowest BCUT2D eigenvalue weighted by atomic mass is 10.3. The second kappa shape index (κ2) is 5.19. The fraction of sp³-hybridized carbons (Fsp3) is 0.300. The summed E-state index contributed by atoms with van der Waals surface area (Å²) in [6.45, 7) is 1.32. The van der Waals surface area contributed by atoms with E-state index in [9.17, 15) is 26.4 Å². The van der Waals surface area contributed by atoms with Crippen LogP contribution in [0.3, 0.4) is 0 Å². The van der Waals surface area contributed by atoms with Gasteiger partial charge in [0, 0.05) is 7.05 Å². The second-order valence-electron chi connectivity index (χ2n) is 4.15. The largest absolute Gasteiger partial charge is 0.534 e. The maximum absolute atomic E-state index is 12.4. The van der Waals surface area contributed by atoms with Gasteiger partial charge in [0.2, 0.25) is 5.88 Å². The predicted molar refractivity (Wildman–Crippen MR) is 72.8 cm³/mol. The molecule has 0 saturated carbocycles. The Hall–Kier alpha value is -1.69. The Morgan fingerprint density at radius 2 is 1.91 bits per heavy atom. The van der Waals surface area contributed by atoms with Gasteiger partial charge in [0.15, 0.2) is 0 Å². The summed E-state index contributed by atoms with van der Waals surface area (Å²) in [5, 5.41) is -0.160. The van der Waals surface area contributed by atoms with Crippen LogP contribution < -0.4 is 9.74 Å². The van der Waals surface area contributed by atoms with E-state index in [0.29, 0.717) is 0 Å². The smallest absolute Gasteiger partial charge is 0.354 e. The Morgan fingerprint density at radius 3 is 2.45 bits per heavy atom. The first-order chi connectivity index (χ1) is 9.94. The van der Waals surface area contributed by atoms with Crippen LogP contribution >= 0.6 is 15.9 Å². The first kappa shape index (κ1) is 16.7. The SMILES string of the molecule is Cc1nc(OS(=O)(=O)C(F)(F)F)c2cc(Br)c(=O)n(C)c2n1. The monoisotopic (exact) mass is 401 g/mol. The molecule has 0 spiro atoms. The highest BCUT2D eigenvalue weighted by Gasteiger charge is 2.49. The Morgan fingerprint density at radius 1 is 1.32 bits per heavy atom. The van der Waals surface area contributed by atoms with Crippen LogP contribution in [0, 0.1) is 6.92 Å². The average Bonchev–Trinajstić information content (AvgIpc) is 2.36. The van der Waals surface area contributed by atoms with Crippen molar-refractivity contribution in [1.82, 2.24) is 14.5 Å². The lowest BCUT2D eigenvalue weighted by Gasteiger charge is -2.12. The number of halogens is 4. The topological polar surface area (TPSA) is 91.1 Å². The molecule has 120 valence electrons. The maximum atomic E-state index is 12.4. The lowest BCUT2D eigenvalue weighted by molar-refractivity contribution is -0.0500. The third kappa shape index (κ3) is 2.79. The molecular weight excluding hydrogens is 395 g/mol. The molecule has 0 saturated heterocycles. The van der Waals surface area contributed by atoms with Gasteiger partial charge in [0.05, 0.1) is 9.86 Å². The number of aryl methyl sites for hydroxylation is 2. The minimum atomic E-state index is -5.89. The van der Waals surface area contributed by atoms with Crippen molar-refractivity contribution >= 4 is 37.1 Å². The van der Waals surface area contributed by atoms with Crippen LogP contribution in [0.15, 0.2) is 15.3 Å². The van der Waals surface area contributed by atoms with Crippen LogP contribution in [0.4, 0.5) is 13.2 Å². The van der Waals surface area contributed by atoms with Crippen LogP contribution in [0.25, 0.3) is 11.0 Å². The summed E-state index contributed by atoms with van der Waals surface area (Å²) in [6, 6.07) is 1.10. The molecule has 0 atom stereocenters. The molecule has 0 unspecified atom stereocenters.